The van der Waals surface area contributed by atoms with E-state index >= 15 is 0 Å². The van der Waals surface area contributed by atoms with Crippen molar-refractivity contribution in [2.45, 2.75) is 19.1 Å². The maximum atomic E-state index is 12.4. The standard InChI is InChI=1S/C12H16F3NOS/c1-9(16-7-8-18(2)17)10-3-5-11(6-4-10)12(13,14)15/h3-6,9,16H,7-8H2,1-2H3. The van der Waals surface area contributed by atoms with Crippen molar-refractivity contribution >= 4 is 10.8 Å². The molecule has 0 radical (unpaired) electrons. The first-order valence-corrected chi connectivity index (χ1v) is 7.24. The second-order valence-corrected chi connectivity index (χ2v) is 5.63. The maximum Gasteiger partial charge on any atom is 0.416 e. The van der Waals surface area contributed by atoms with Gasteiger partial charge in [-0.3, -0.25) is 4.21 Å². The van der Waals surface area contributed by atoms with E-state index in [2.05, 4.69) is 5.32 Å². The zero-order chi connectivity index (χ0) is 13.8. The Balaban J connectivity index is 2.59. The first kappa shape index (κ1) is 15.2. The van der Waals surface area contributed by atoms with E-state index in [4.69, 9.17) is 0 Å². The third-order valence-electron chi connectivity index (χ3n) is 2.58. The van der Waals surface area contributed by atoms with Crippen LogP contribution in [0.2, 0.25) is 0 Å². The summed E-state index contributed by atoms with van der Waals surface area (Å²) in [7, 11) is -0.865. The molecule has 6 heteroatoms. The van der Waals surface area contributed by atoms with Gasteiger partial charge in [0.1, 0.15) is 0 Å². The quantitative estimate of drug-likeness (QED) is 0.898. The third-order valence-corrected chi connectivity index (χ3v) is 3.36. The summed E-state index contributed by atoms with van der Waals surface area (Å²) in [6.07, 6.45) is -2.68. The lowest BCUT2D eigenvalue weighted by Gasteiger charge is -2.15. The smallest absolute Gasteiger partial charge is 0.309 e. The van der Waals surface area contributed by atoms with Gasteiger partial charge in [0.05, 0.1) is 5.56 Å². The fourth-order valence-electron chi connectivity index (χ4n) is 1.50. The van der Waals surface area contributed by atoms with Gasteiger partial charge in [-0.25, -0.2) is 0 Å². The number of alkyl halides is 3. The van der Waals surface area contributed by atoms with Crippen LogP contribution in [0.25, 0.3) is 0 Å². The monoisotopic (exact) mass is 279 g/mol. The van der Waals surface area contributed by atoms with Crippen molar-refractivity contribution in [3.63, 3.8) is 0 Å². The van der Waals surface area contributed by atoms with Crippen molar-refractivity contribution in [2.75, 3.05) is 18.6 Å². The normalized spacial score (nSPS) is 15.4. The molecule has 0 saturated carbocycles. The van der Waals surface area contributed by atoms with Crippen LogP contribution in [0.4, 0.5) is 13.2 Å². The number of nitrogens with one attached hydrogen (secondary N) is 1. The number of benzene rings is 1. The average molecular weight is 279 g/mol. The van der Waals surface area contributed by atoms with Gasteiger partial charge in [0.2, 0.25) is 0 Å². The Morgan fingerprint density at radius 1 is 1.28 bits per heavy atom. The zero-order valence-corrected chi connectivity index (χ0v) is 11.1. The summed E-state index contributed by atoms with van der Waals surface area (Å²) < 4.78 is 48.0. The van der Waals surface area contributed by atoms with Gasteiger partial charge >= 0.3 is 6.18 Å². The van der Waals surface area contributed by atoms with Crippen molar-refractivity contribution in [3.05, 3.63) is 35.4 Å². The summed E-state index contributed by atoms with van der Waals surface area (Å²) in [5, 5.41) is 3.11. The molecule has 0 aromatic heterocycles. The lowest BCUT2D eigenvalue weighted by atomic mass is 10.1. The van der Waals surface area contributed by atoms with E-state index in [9.17, 15) is 17.4 Å². The first-order chi connectivity index (χ1) is 8.30. The van der Waals surface area contributed by atoms with Crippen LogP contribution >= 0.6 is 0 Å². The van der Waals surface area contributed by atoms with Crippen molar-refractivity contribution in [1.29, 1.82) is 0 Å². The molecule has 2 unspecified atom stereocenters. The summed E-state index contributed by atoms with van der Waals surface area (Å²) in [6, 6.07) is 5.01. The Morgan fingerprint density at radius 3 is 2.28 bits per heavy atom. The van der Waals surface area contributed by atoms with Crippen molar-refractivity contribution in [1.82, 2.24) is 5.32 Å². The minimum atomic E-state index is -4.30. The van der Waals surface area contributed by atoms with Crippen LogP contribution < -0.4 is 5.32 Å². The molecule has 1 N–H and O–H groups in total. The van der Waals surface area contributed by atoms with Gasteiger partial charge < -0.3 is 5.32 Å². The van der Waals surface area contributed by atoms with Crippen LogP contribution in [-0.4, -0.2) is 22.8 Å². The molecule has 0 heterocycles. The molecule has 1 aromatic carbocycles. The molecule has 1 rings (SSSR count). The Kier molecular flexibility index (Phi) is 5.34. The summed E-state index contributed by atoms with van der Waals surface area (Å²) >= 11 is 0. The minimum absolute atomic E-state index is 0.0594. The highest BCUT2D eigenvalue weighted by atomic mass is 32.2. The van der Waals surface area contributed by atoms with Crippen LogP contribution in [0.5, 0.6) is 0 Å². The van der Waals surface area contributed by atoms with Gasteiger partial charge in [-0.05, 0) is 24.6 Å². The summed E-state index contributed by atoms with van der Waals surface area (Å²) in [4.78, 5) is 0. The highest BCUT2D eigenvalue weighted by molar-refractivity contribution is 7.84. The van der Waals surface area contributed by atoms with Gasteiger partial charge in [0, 0.05) is 35.4 Å². The predicted molar refractivity (Wildman–Crippen MR) is 66.8 cm³/mol. The molecule has 18 heavy (non-hydrogen) atoms. The average Bonchev–Trinajstić information content (AvgIpc) is 2.27. The first-order valence-electron chi connectivity index (χ1n) is 5.51. The molecule has 0 aliphatic rings. The second kappa shape index (κ2) is 6.33. The SMILES string of the molecule is CC(NCCS(C)=O)c1ccc(C(F)(F)F)cc1. The van der Waals surface area contributed by atoms with Crippen LogP contribution in [-0.2, 0) is 17.0 Å². The Hall–Kier alpha value is -0.880. The van der Waals surface area contributed by atoms with Gasteiger partial charge in [-0.15, -0.1) is 0 Å². The fraction of sp³-hybridized carbons (Fsp3) is 0.500. The predicted octanol–water partition coefficient (Wildman–Crippen LogP) is 2.73. The number of rotatable bonds is 5. The number of hydrogen-bond acceptors (Lipinski definition) is 2. The third kappa shape index (κ3) is 4.78. The highest BCUT2D eigenvalue weighted by Crippen LogP contribution is 2.29. The fourth-order valence-corrected chi connectivity index (χ4v) is 1.90. The Bertz CT molecular complexity index is 403. The summed E-state index contributed by atoms with van der Waals surface area (Å²) in [5.74, 6) is 0.533. The molecule has 2 atom stereocenters. The van der Waals surface area contributed by atoms with Gasteiger partial charge in [-0.1, -0.05) is 12.1 Å². The van der Waals surface area contributed by atoms with Gasteiger partial charge in [-0.2, -0.15) is 13.2 Å². The van der Waals surface area contributed by atoms with E-state index in [1.54, 1.807) is 6.26 Å². The molecule has 0 aliphatic heterocycles. The molecule has 0 aliphatic carbocycles. The molecule has 0 spiro atoms. The second-order valence-electron chi connectivity index (χ2n) is 4.07. The van der Waals surface area contributed by atoms with Crippen molar-refractivity contribution in [2.24, 2.45) is 0 Å². The van der Waals surface area contributed by atoms with Gasteiger partial charge in [0.15, 0.2) is 0 Å². The topological polar surface area (TPSA) is 29.1 Å². The molecular formula is C12H16F3NOS. The molecular weight excluding hydrogens is 263 g/mol. The molecule has 0 amide bonds. The van der Waals surface area contributed by atoms with E-state index in [1.807, 2.05) is 6.92 Å². The van der Waals surface area contributed by atoms with Crippen LogP contribution in [0.15, 0.2) is 24.3 Å². The molecule has 2 nitrogen and oxygen atoms in total. The van der Waals surface area contributed by atoms with E-state index in [0.717, 1.165) is 17.7 Å². The Labute approximate surface area is 107 Å². The van der Waals surface area contributed by atoms with E-state index in [0.29, 0.717) is 12.3 Å². The van der Waals surface area contributed by atoms with E-state index < -0.39 is 22.5 Å². The van der Waals surface area contributed by atoms with E-state index in [-0.39, 0.29) is 6.04 Å². The van der Waals surface area contributed by atoms with Crippen LogP contribution in [0, 0.1) is 0 Å². The summed E-state index contributed by atoms with van der Waals surface area (Å²) in [5.41, 5.74) is 0.137. The van der Waals surface area contributed by atoms with Crippen molar-refractivity contribution < 1.29 is 17.4 Å². The largest absolute Gasteiger partial charge is 0.416 e. The molecule has 102 valence electrons. The van der Waals surface area contributed by atoms with Crippen molar-refractivity contribution in [3.8, 4) is 0 Å². The Morgan fingerprint density at radius 2 is 1.83 bits per heavy atom. The molecule has 0 saturated heterocycles. The number of halogens is 3. The lowest BCUT2D eigenvalue weighted by Crippen LogP contribution is -2.23. The maximum absolute atomic E-state index is 12.4. The molecule has 1 aromatic rings. The molecule has 0 fully saturated rings. The molecule has 0 bridgehead atoms. The summed E-state index contributed by atoms with van der Waals surface area (Å²) in [6.45, 7) is 2.44. The van der Waals surface area contributed by atoms with Gasteiger partial charge in [0.25, 0.3) is 0 Å². The van der Waals surface area contributed by atoms with Crippen LogP contribution in [0.1, 0.15) is 24.1 Å². The minimum Gasteiger partial charge on any atom is -0.309 e. The van der Waals surface area contributed by atoms with Crippen LogP contribution in [0.3, 0.4) is 0 Å². The van der Waals surface area contributed by atoms with E-state index in [1.165, 1.54) is 12.1 Å². The highest BCUT2D eigenvalue weighted by Gasteiger charge is 2.30. The zero-order valence-electron chi connectivity index (χ0n) is 10.3. The lowest BCUT2D eigenvalue weighted by molar-refractivity contribution is -0.137. The number of hydrogen-bond donors (Lipinski definition) is 1.